The first-order valence-electron chi connectivity index (χ1n) is 6.39. The minimum absolute atomic E-state index is 0.00921. The summed E-state index contributed by atoms with van der Waals surface area (Å²) >= 11 is 0. The summed E-state index contributed by atoms with van der Waals surface area (Å²) in [5.74, 6) is 1.05. The number of fused-ring (bicyclic) bond motifs is 1. The van der Waals surface area contributed by atoms with Gasteiger partial charge in [-0.2, -0.15) is 0 Å². The van der Waals surface area contributed by atoms with Crippen LogP contribution in [0.5, 0.6) is 0 Å². The molecule has 0 heterocycles. The van der Waals surface area contributed by atoms with Gasteiger partial charge in [-0.25, -0.2) is 0 Å². The molecule has 3 atom stereocenters. The maximum Gasteiger partial charge on any atom is 0.139 e. The molecule has 2 saturated carbocycles. The number of carbonyl (C=O) groups excluding carboxylic acids is 2. The van der Waals surface area contributed by atoms with Crippen molar-refractivity contribution < 1.29 is 9.59 Å². The number of ketones is 2. The number of hydrogen-bond acceptors (Lipinski definition) is 2. The zero-order chi connectivity index (χ0) is 12.1. The smallest absolute Gasteiger partial charge is 0.139 e. The van der Waals surface area contributed by atoms with Crippen LogP contribution in [-0.4, -0.2) is 11.6 Å². The van der Waals surface area contributed by atoms with Crippen LogP contribution in [-0.2, 0) is 9.59 Å². The van der Waals surface area contributed by atoms with Gasteiger partial charge < -0.3 is 0 Å². The van der Waals surface area contributed by atoms with E-state index in [2.05, 4.69) is 13.8 Å². The third kappa shape index (κ3) is 1.38. The molecule has 0 aromatic heterocycles. The van der Waals surface area contributed by atoms with Crippen LogP contribution in [0.2, 0.25) is 0 Å². The maximum atomic E-state index is 12.2. The molecular formula is C14H22O2. The van der Waals surface area contributed by atoms with Crippen LogP contribution >= 0.6 is 0 Å². The summed E-state index contributed by atoms with van der Waals surface area (Å²) in [7, 11) is 0. The zero-order valence-corrected chi connectivity index (χ0v) is 10.8. The lowest BCUT2D eigenvalue weighted by molar-refractivity contribution is -0.136. The molecule has 0 bridgehead atoms. The molecule has 2 aliphatic rings. The Labute approximate surface area is 97.8 Å². The van der Waals surface area contributed by atoms with Crippen molar-refractivity contribution in [2.45, 2.75) is 53.4 Å². The lowest BCUT2D eigenvalue weighted by Gasteiger charge is -2.28. The second-order valence-electron chi connectivity index (χ2n) is 6.45. The Balaban J connectivity index is 2.42. The maximum absolute atomic E-state index is 12.2. The van der Waals surface area contributed by atoms with Crippen molar-refractivity contribution in [2.24, 2.45) is 22.7 Å². The van der Waals surface area contributed by atoms with Crippen molar-refractivity contribution in [3.63, 3.8) is 0 Å². The molecule has 2 aliphatic carbocycles. The first-order valence-corrected chi connectivity index (χ1v) is 6.39. The quantitative estimate of drug-likeness (QED) is 0.719. The van der Waals surface area contributed by atoms with E-state index in [0.717, 1.165) is 12.8 Å². The van der Waals surface area contributed by atoms with E-state index in [1.165, 1.54) is 0 Å². The minimum Gasteiger partial charge on any atom is -0.299 e. The van der Waals surface area contributed by atoms with E-state index in [1.807, 2.05) is 13.8 Å². The average molecular weight is 222 g/mol. The molecule has 2 rings (SSSR count). The Bertz CT molecular complexity index is 343. The molecule has 2 nitrogen and oxygen atoms in total. The van der Waals surface area contributed by atoms with E-state index in [-0.39, 0.29) is 22.5 Å². The summed E-state index contributed by atoms with van der Waals surface area (Å²) in [5, 5.41) is 0. The van der Waals surface area contributed by atoms with Crippen LogP contribution in [0.1, 0.15) is 53.4 Å². The Morgan fingerprint density at radius 1 is 1.38 bits per heavy atom. The van der Waals surface area contributed by atoms with Crippen LogP contribution < -0.4 is 0 Å². The topological polar surface area (TPSA) is 34.1 Å². The van der Waals surface area contributed by atoms with Crippen LogP contribution in [0, 0.1) is 22.7 Å². The largest absolute Gasteiger partial charge is 0.299 e. The highest BCUT2D eigenvalue weighted by molar-refractivity contribution is 5.94. The summed E-state index contributed by atoms with van der Waals surface area (Å²) < 4.78 is 0. The molecule has 0 saturated heterocycles. The van der Waals surface area contributed by atoms with Crippen molar-refractivity contribution in [3.8, 4) is 0 Å². The third-order valence-electron chi connectivity index (χ3n) is 4.92. The van der Waals surface area contributed by atoms with Gasteiger partial charge in [-0.3, -0.25) is 9.59 Å². The van der Waals surface area contributed by atoms with Crippen LogP contribution in [0.15, 0.2) is 0 Å². The van der Waals surface area contributed by atoms with Gasteiger partial charge in [0, 0.05) is 24.2 Å². The zero-order valence-electron chi connectivity index (χ0n) is 10.8. The molecule has 2 heteroatoms. The highest BCUT2D eigenvalue weighted by atomic mass is 16.1. The molecule has 0 spiro atoms. The van der Waals surface area contributed by atoms with Gasteiger partial charge in [0.05, 0.1) is 0 Å². The molecular weight excluding hydrogens is 200 g/mol. The minimum atomic E-state index is -0.378. The average Bonchev–Trinajstić information content (AvgIpc) is 2.67. The van der Waals surface area contributed by atoms with E-state index >= 15 is 0 Å². The summed E-state index contributed by atoms with van der Waals surface area (Å²) in [5.41, 5.74) is -0.229. The van der Waals surface area contributed by atoms with Gasteiger partial charge in [0.15, 0.2) is 0 Å². The highest BCUT2D eigenvalue weighted by Crippen LogP contribution is 2.62. The van der Waals surface area contributed by atoms with Gasteiger partial charge in [-0.1, -0.05) is 27.7 Å². The fourth-order valence-electron chi connectivity index (χ4n) is 4.35. The molecule has 0 amide bonds. The van der Waals surface area contributed by atoms with Gasteiger partial charge in [0.2, 0.25) is 0 Å². The van der Waals surface area contributed by atoms with Crippen molar-refractivity contribution in [1.29, 1.82) is 0 Å². The van der Waals surface area contributed by atoms with Gasteiger partial charge in [-0.15, -0.1) is 0 Å². The molecule has 2 fully saturated rings. The Hall–Kier alpha value is -0.660. The summed E-state index contributed by atoms with van der Waals surface area (Å²) in [6, 6.07) is 0. The molecule has 0 N–H and O–H groups in total. The monoisotopic (exact) mass is 222 g/mol. The van der Waals surface area contributed by atoms with E-state index in [0.29, 0.717) is 24.5 Å². The predicted molar refractivity (Wildman–Crippen MR) is 63.0 cm³/mol. The van der Waals surface area contributed by atoms with Gasteiger partial charge >= 0.3 is 0 Å². The molecule has 0 aliphatic heterocycles. The normalized spacial score (nSPS) is 41.1. The van der Waals surface area contributed by atoms with Crippen LogP contribution in [0.3, 0.4) is 0 Å². The number of rotatable bonds is 2. The van der Waals surface area contributed by atoms with Crippen molar-refractivity contribution >= 4 is 11.6 Å². The number of carbonyl (C=O) groups is 2. The van der Waals surface area contributed by atoms with Crippen molar-refractivity contribution in [2.75, 3.05) is 0 Å². The first kappa shape index (κ1) is 11.8. The SMILES string of the molecule is CCC(=O)[C@]1(C)CC(C)(C)[C@H]2CCC(=O)[C@H]21. The van der Waals surface area contributed by atoms with E-state index < -0.39 is 0 Å². The molecule has 0 radical (unpaired) electrons. The van der Waals surface area contributed by atoms with Crippen molar-refractivity contribution in [1.82, 2.24) is 0 Å². The highest BCUT2D eigenvalue weighted by Gasteiger charge is 2.61. The second-order valence-corrected chi connectivity index (χ2v) is 6.45. The summed E-state index contributed by atoms with van der Waals surface area (Å²) in [6.07, 6.45) is 3.12. The molecule has 16 heavy (non-hydrogen) atoms. The van der Waals surface area contributed by atoms with Crippen LogP contribution in [0.4, 0.5) is 0 Å². The number of hydrogen-bond donors (Lipinski definition) is 0. The van der Waals surface area contributed by atoms with Gasteiger partial charge in [-0.05, 0) is 24.2 Å². The Morgan fingerprint density at radius 2 is 2.00 bits per heavy atom. The van der Waals surface area contributed by atoms with Crippen molar-refractivity contribution in [3.05, 3.63) is 0 Å². The Morgan fingerprint density at radius 3 is 2.56 bits per heavy atom. The lowest BCUT2D eigenvalue weighted by Crippen LogP contribution is -2.35. The third-order valence-corrected chi connectivity index (χ3v) is 4.92. The number of Topliss-reactive ketones (excluding diaryl/α,β-unsaturated/α-hetero) is 2. The summed E-state index contributed by atoms with van der Waals surface area (Å²) in [4.78, 5) is 24.2. The molecule has 0 aromatic rings. The summed E-state index contributed by atoms with van der Waals surface area (Å²) in [6.45, 7) is 8.37. The first-order chi connectivity index (χ1) is 7.33. The van der Waals surface area contributed by atoms with Gasteiger partial charge in [0.25, 0.3) is 0 Å². The van der Waals surface area contributed by atoms with Crippen LogP contribution in [0.25, 0.3) is 0 Å². The van der Waals surface area contributed by atoms with Gasteiger partial charge in [0.1, 0.15) is 11.6 Å². The second kappa shape index (κ2) is 3.41. The standard InChI is InChI=1S/C14H22O2/c1-5-11(16)14(4)8-13(2,3)9-6-7-10(15)12(9)14/h9,12H,5-8H2,1-4H3/t9-,12-,14-/m0/s1. The lowest BCUT2D eigenvalue weighted by atomic mass is 9.73. The van der Waals surface area contributed by atoms with E-state index in [9.17, 15) is 9.59 Å². The van der Waals surface area contributed by atoms with E-state index in [4.69, 9.17) is 0 Å². The van der Waals surface area contributed by atoms with E-state index in [1.54, 1.807) is 0 Å². The molecule has 0 aromatic carbocycles. The predicted octanol–water partition coefficient (Wildman–Crippen LogP) is 3.00. The fourth-order valence-corrected chi connectivity index (χ4v) is 4.35. The Kier molecular flexibility index (Phi) is 2.52. The molecule has 0 unspecified atom stereocenters. The fraction of sp³-hybridized carbons (Fsp3) is 0.857. The molecule has 90 valence electrons.